The molecule has 1 atom stereocenters. The second-order valence-electron chi connectivity index (χ2n) is 5.52. The third kappa shape index (κ3) is 3.80. The van der Waals surface area contributed by atoms with Gasteiger partial charge in [0.2, 0.25) is 5.91 Å². The van der Waals surface area contributed by atoms with Crippen molar-refractivity contribution >= 4 is 35.3 Å². The molecule has 1 fully saturated rings. The van der Waals surface area contributed by atoms with Gasteiger partial charge >= 0.3 is 0 Å². The summed E-state index contributed by atoms with van der Waals surface area (Å²) in [6, 6.07) is 15.9. The molecule has 2 aromatic carbocycles. The summed E-state index contributed by atoms with van der Waals surface area (Å²) >= 11 is 7.93. The lowest BCUT2D eigenvalue weighted by Gasteiger charge is -2.23. The fraction of sp³-hybridized carbons (Fsp3) is 0.211. The number of nitrogens with zero attached hydrogens (tertiary/aromatic N) is 1. The van der Waals surface area contributed by atoms with Gasteiger partial charge in [-0.3, -0.25) is 4.79 Å². The first-order valence-corrected chi connectivity index (χ1v) is 8.99. The molecule has 4 heteroatoms. The number of halogens is 1. The Morgan fingerprint density at radius 2 is 1.96 bits per heavy atom. The quantitative estimate of drug-likeness (QED) is 0.736. The molecule has 2 aromatic rings. The highest BCUT2D eigenvalue weighted by atomic mass is 35.5. The Hall–Kier alpha value is -1.71. The van der Waals surface area contributed by atoms with Crippen molar-refractivity contribution in [3.05, 3.63) is 76.3 Å². The van der Waals surface area contributed by atoms with E-state index < -0.39 is 0 Å². The summed E-state index contributed by atoms with van der Waals surface area (Å²) < 4.78 is 0. The average molecular weight is 344 g/mol. The largest absolute Gasteiger partial charge is 0.322 e. The molecule has 0 radical (unpaired) electrons. The van der Waals surface area contributed by atoms with Crippen LogP contribution in [-0.2, 0) is 4.79 Å². The van der Waals surface area contributed by atoms with E-state index in [1.54, 1.807) is 12.2 Å². The standard InChI is InChI=1S/C19H18ClNOS/c1-14-6-8-16(9-7-14)19-21(12-13-23-19)18(22)11-10-15-4-2-3-5-17(15)20/h2-11,19H,12-13H2,1H3/b11-10+. The molecular formula is C19H18ClNOS. The smallest absolute Gasteiger partial charge is 0.247 e. The zero-order valence-electron chi connectivity index (χ0n) is 12.9. The van der Waals surface area contributed by atoms with Gasteiger partial charge in [0.05, 0.1) is 0 Å². The number of hydrogen-bond donors (Lipinski definition) is 0. The fourth-order valence-electron chi connectivity index (χ4n) is 2.57. The number of benzene rings is 2. The average Bonchev–Trinajstić information content (AvgIpc) is 3.04. The van der Waals surface area contributed by atoms with Crippen LogP contribution >= 0.6 is 23.4 Å². The van der Waals surface area contributed by atoms with Gasteiger partial charge in [-0.05, 0) is 30.2 Å². The van der Waals surface area contributed by atoms with Crippen molar-refractivity contribution < 1.29 is 4.79 Å². The van der Waals surface area contributed by atoms with Gasteiger partial charge in [-0.15, -0.1) is 11.8 Å². The molecule has 1 heterocycles. The number of rotatable bonds is 3. The number of hydrogen-bond acceptors (Lipinski definition) is 2. The lowest BCUT2D eigenvalue weighted by molar-refractivity contribution is -0.126. The van der Waals surface area contributed by atoms with Gasteiger partial charge in [0, 0.05) is 23.4 Å². The zero-order valence-corrected chi connectivity index (χ0v) is 14.5. The molecule has 0 aliphatic carbocycles. The lowest BCUT2D eigenvalue weighted by atomic mass is 10.1. The van der Waals surface area contributed by atoms with E-state index in [0.29, 0.717) is 5.02 Å². The van der Waals surface area contributed by atoms with Crippen LogP contribution in [-0.4, -0.2) is 23.1 Å². The SMILES string of the molecule is Cc1ccc(C2SCCN2C(=O)/C=C/c2ccccc2Cl)cc1. The maximum atomic E-state index is 12.6. The van der Waals surface area contributed by atoms with E-state index in [-0.39, 0.29) is 11.3 Å². The van der Waals surface area contributed by atoms with Crippen molar-refractivity contribution in [3.8, 4) is 0 Å². The van der Waals surface area contributed by atoms with Crippen LogP contribution in [0.5, 0.6) is 0 Å². The molecule has 3 rings (SSSR count). The van der Waals surface area contributed by atoms with E-state index in [0.717, 1.165) is 17.9 Å². The maximum Gasteiger partial charge on any atom is 0.247 e. The molecule has 1 unspecified atom stereocenters. The first kappa shape index (κ1) is 16.2. The molecule has 0 aromatic heterocycles. The van der Waals surface area contributed by atoms with Crippen molar-refractivity contribution in [1.29, 1.82) is 0 Å². The van der Waals surface area contributed by atoms with Gasteiger partial charge in [0.1, 0.15) is 5.37 Å². The lowest BCUT2D eigenvalue weighted by Crippen LogP contribution is -2.28. The van der Waals surface area contributed by atoms with Gasteiger partial charge in [0.15, 0.2) is 0 Å². The highest BCUT2D eigenvalue weighted by Gasteiger charge is 2.29. The zero-order chi connectivity index (χ0) is 16.2. The molecule has 0 spiro atoms. The summed E-state index contributed by atoms with van der Waals surface area (Å²) in [4.78, 5) is 14.5. The highest BCUT2D eigenvalue weighted by Crippen LogP contribution is 2.38. The minimum atomic E-state index is 0.0282. The van der Waals surface area contributed by atoms with Crippen LogP contribution in [0.15, 0.2) is 54.6 Å². The second-order valence-corrected chi connectivity index (χ2v) is 7.12. The van der Waals surface area contributed by atoms with Gasteiger partial charge in [0.25, 0.3) is 0 Å². The van der Waals surface area contributed by atoms with E-state index in [1.165, 1.54) is 11.1 Å². The molecule has 1 aliphatic heterocycles. The first-order valence-electron chi connectivity index (χ1n) is 7.56. The molecule has 0 bridgehead atoms. The predicted molar refractivity (Wildman–Crippen MR) is 98.6 cm³/mol. The summed E-state index contributed by atoms with van der Waals surface area (Å²) in [5, 5.41) is 0.751. The summed E-state index contributed by atoms with van der Waals surface area (Å²) in [5.41, 5.74) is 3.27. The highest BCUT2D eigenvalue weighted by molar-refractivity contribution is 7.99. The van der Waals surface area contributed by atoms with Crippen molar-refractivity contribution in [1.82, 2.24) is 4.90 Å². The Morgan fingerprint density at radius 3 is 2.70 bits per heavy atom. The predicted octanol–water partition coefficient (Wildman–Crippen LogP) is 4.94. The van der Waals surface area contributed by atoms with Gasteiger partial charge < -0.3 is 4.90 Å². The van der Waals surface area contributed by atoms with Gasteiger partial charge in [-0.25, -0.2) is 0 Å². The summed E-state index contributed by atoms with van der Waals surface area (Å²) in [5.74, 6) is 0.991. The normalized spacial score (nSPS) is 17.8. The van der Waals surface area contributed by atoms with E-state index in [1.807, 2.05) is 40.9 Å². The number of carbonyl (C=O) groups excluding carboxylic acids is 1. The minimum absolute atomic E-state index is 0.0282. The number of aryl methyl sites for hydroxylation is 1. The van der Waals surface area contributed by atoms with Crippen molar-refractivity contribution in [2.24, 2.45) is 0 Å². The monoisotopic (exact) mass is 343 g/mol. The van der Waals surface area contributed by atoms with Crippen LogP contribution in [0.2, 0.25) is 5.02 Å². The van der Waals surface area contributed by atoms with Crippen molar-refractivity contribution in [2.45, 2.75) is 12.3 Å². The summed E-state index contributed by atoms with van der Waals surface area (Å²) in [6.45, 7) is 2.84. The van der Waals surface area contributed by atoms with Crippen molar-refractivity contribution in [2.75, 3.05) is 12.3 Å². The molecule has 0 saturated carbocycles. The van der Waals surface area contributed by atoms with Crippen LogP contribution in [0.3, 0.4) is 0 Å². The summed E-state index contributed by atoms with van der Waals surface area (Å²) in [6.07, 6.45) is 3.41. The third-order valence-electron chi connectivity index (χ3n) is 3.85. The molecule has 2 nitrogen and oxygen atoms in total. The van der Waals surface area contributed by atoms with E-state index in [9.17, 15) is 4.79 Å². The molecule has 118 valence electrons. The Labute approximate surface area is 146 Å². The first-order chi connectivity index (χ1) is 11.1. The Bertz CT molecular complexity index is 726. The van der Waals surface area contributed by atoms with E-state index in [4.69, 9.17) is 11.6 Å². The molecular weight excluding hydrogens is 326 g/mol. The molecule has 0 N–H and O–H groups in total. The minimum Gasteiger partial charge on any atom is -0.322 e. The number of thioether (sulfide) groups is 1. The van der Waals surface area contributed by atoms with E-state index >= 15 is 0 Å². The van der Waals surface area contributed by atoms with Gasteiger partial charge in [-0.2, -0.15) is 0 Å². The maximum absolute atomic E-state index is 12.6. The molecule has 1 aliphatic rings. The Morgan fingerprint density at radius 1 is 1.22 bits per heavy atom. The van der Waals surface area contributed by atoms with Crippen LogP contribution in [0.4, 0.5) is 0 Å². The van der Waals surface area contributed by atoms with Crippen LogP contribution < -0.4 is 0 Å². The Balaban J connectivity index is 1.76. The van der Waals surface area contributed by atoms with Gasteiger partial charge in [-0.1, -0.05) is 59.6 Å². The summed E-state index contributed by atoms with van der Waals surface area (Å²) in [7, 11) is 0. The number of carbonyl (C=O) groups is 1. The number of amides is 1. The second kappa shape index (κ2) is 7.24. The molecule has 1 amide bonds. The molecule has 23 heavy (non-hydrogen) atoms. The van der Waals surface area contributed by atoms with E-state index in [2.05, 4.69) is 31.2 Å². The van der Waals surface area contributed by atoms with Crippen molar-refractivity contribution in [3.63, 3.8) is 0 Å². The topological polar surface area (TPSA) is 20.3 Å². The fourth-order valence-corrected chi connectivity index (χ4v) is 4.03. The third-order valence-corrected chi connectivity index (χ3v) is 5.45. The molecule has 1 saturated heterocycles. The van der Waals surface area contributed by atoms with Crippen LogP contribution in [0.25, 0.3) is 6.08 Å². The van der Waals surface area contributed by atoms with Crippen LogP contribution in [0.1, 0.15) is 22.1 Å². The Kier molecular flexibility index (Phi) is 5.09. The van der Waals surface area contributed by atoms with Crippen LogP contribution in [0, 0.1) is 6.92 Å².